The van der Waals surface area contributed by atoms with Crippen molar-refractivity contribution in [2.24, 2.45) is 0 Å². The zero-order chi connectivity index (χ0) is 10.2. The molecule has 1 nitrogen and oxygen atoms in total. The van der Waals surface area contributed by atoms with Crippen LogP contribution in [-0.4, -0.2) is 7.05 Å². The van der Waals surface area contributed by atoms with E-state index in [4.69, 9.17) is 0 Å². The Kier molecular flexibility index (Phi) is 2.67. The highest BCUT2D eigenvalue weighted by Gasteiger charge is 2.25. The van der Waals surface area contributed by atoms with Gasteiger partial charge in [-0.2, -0.15) is 0 Å². The van der Waals surface area contributed by atoms with Crippen LogP contribution in [0.3, 0.4) is 0 Å². The molecule has 0 aromatic carbocycles. The summed E-state index contributed by atoms with van der Waals surface area (Å²) in [5, 5.41) is 5.75. The Morgan fingerprint density at radius 2 is 2.00 bits per heavy atom. The van der Waals surface area contributed by atoms with Crippen molar-refractivity contribution in [2.75, 3.05) is 7.05 Å². The third-order valence-corrected chi connectivity index (χ3v) is 4.45. The molecule has 0 spiro atoms. The largest absolute Gasteiger partial charge is 0.311 e. The molecule has 0 radical (unpaired) electrons. The van der Waals surface area contributed by atoms with Crippen LogP contribution in [0.15, 0.2) is 5.38 Å². The molecular formula is C12H19NS. The van der Waals surface area contributed by atoms with Gasteiger partial charge in [0.25, 0.3) is 0 Å². The smallest absolute Gasteiger partial charge is 0.0386 e. The van der Waals surface area contributed by atoms with E-state index in [0.29, 0.717) is 0 Å². The normalized spacial score (nSPS) is 16.8. The lowest BCUT2D eigenvalue weighted by Crippen LogP contribution is -2.33. The Morgan fingerprint density at radius 3 is 2.71 bits per heavy atom. The van der Waals surface area contributed by atoms with Gasteiger partial charge in [-0.15, -0.1) is 11.3 Å². The lowest BCUT2D eigenvalue weighted by Gasteiger charge is -2.26. The maximum absolute atomic E-state index is 3.40. The quantitative estimate of drug-likeness (QED) is 0.789. The first kappa shape index (κ1) is 10.2. The molecule has 14 heavy (non-hydrogen) atoms. The Labute approximate surface area is 90.5 Å². The third kappa shape index (κ3) is 1.61. The molecule has 1 aromatic rings. The summed E-state index contributed by atoms with van der Waals surface area (Å²) in [6.07, 6.45) is 5.35. The minimum absolute atomic E-state index is 0.140. The monoisotopic (exact) mass is 209 g/mol. The Balaban J connectivity index is 2.39. The molecule has 0 atom stereocenters. The van der Waals surface area contributed by atoms with E-state index >= 15 is 0 Å². The molecular weight excluding hydrogens is 190 g/mol. The van der Waals surface area contributed by atoms with E-state index in [9.17, 15) is 0 Å². The molecule has 1 N–H and O–H groups in total. The SMILES string of the molecule is CNC(C)(C)c1csc2c1CCCC2. The predicted molar refractivity (Wildman–Crippen MR) is 63.0 cm³/mol. The van der Waals surface area contributed by atoms with E-state index in [-0.39, 0.29) is 5.54 Å². The van der Waals surface area contributed by atoms with Crippen molar-refractivity contribution < 1.29 is 0 Å². The number of hydrogen-bond donors (Lipinski definition) is 1. The summed E-state index contributed by atoms with van der Waals surface area (Å²) in [5.41, 5.74) is 3.31. The Bertz CT molecular complexity index is 325. The summed E-state index contributed by atoms with van der Waals surface area (Å²) in [6, 6.07) is 0. The van der Waals surface area contributed by atoms with Gasteiger partial charge in [0.2, 0.25) is 0 Å². The van der Waals surface area contributed by atoms with E-state index in [1.807, 2.05) is 18.4 Å². The highest BCUT2D eigenvalue weighted by Crippen LogP contribution is 2.35. The second-order valence-corrected chi connectivity index (χ2v) is 5.60. The van der Waals surface area contributed by atoms with Crippen molar-refractivity contribution in [1.82, 2.24) is 5.32 Å². The molecule has 78 valence electrons. The Hall–Kier alpha value is -0.340. The molecule has 1 aliphatic rings. The first-order chi connectivity index (χ1) is 6.65. The maximum atomic E-state index is 3.40. The van der Waals surface area contributed by atoms with Crippen LogP contribution in [-0.2, 0) is 18.4 Å². The fourth-order valence-corrected chi connectivity index (χ4v) is 3.47. The van der Waals surface area contributed by atoms with Crippen LogP contribution in [0.1, 0.15) is 42.7 Å². The molecule has 1 aliphatic carbocycles. The molecule has 0 fully saturated rings. The average molecular weight is 209 g/mol. The van der Waals surface area contributed by atoms with E-state index in [0.717, 1.165) is 0 Å². The molecule has 2 rings (SSSR count). The number of rotatable bonds is 2. The Morgan fingerprint density at radius 1 is 1.29 bits per heavy atom. The van der Waals surface area contributed by atoms with Crippen molar-refractivity contribution >= 4 is 11.3 Å². The standard InChI is InChI=1S/C12H19NS/c1-12(2,13-3)10-8-14-11-7-5-4-6-9(10)11/h8,13H,4-7H2,1-3H3. The summed E-state index contributed by atoms with van der Waals surface area (Å²) in [5.74, 6) is 0. The van der Waals surface area contributed by atoms with Gasteiger partial charge in [0.05, 0.1) is 0 Å². The summed E-state index contributed by atoms with van der Waals surface area (Å²) >= 11 is 1.95. The second kappa shape index (κ2) is 3.67. The van der Waals surface area contributed by atoms with Crippen molar-refractivity contribution in [3.8, 4) is 0 Å². The van der Waals surface area contributed by atoms with Crippen LogP contribution in [0, 0.1) is 0 Å². The van der Waals surface area contributed by atoms with Crippen LogP contribution in [0.25, 0.3) is 0 Å². The number of nitrogens with one attached hydrogen (secondary N) is 1. The van der Waals surface area contributed by atoms with Crippen LogP contribution < -0.4 is 5.32 Å². The fraction of sp³-hybridized carbons (Fsp3) is 0.667. The lowest BCUT2D eigenvalue weighted by atomic mass is 9.87. The van der Waals surface area contributed by atoms with Gasteiger partial charge < -0.3 is 5.32 Å². The molecule has 0 bridgehead atoms. The topological polar surface area (TPSA) is 12.0 Å². The highest BCUT2D eigenvalue weighted by atomic mass is 32.1. The fourth-order valence-electron chi connectivity index (χ4n) is 2.15. The summed E-state index contributed by atoms with van der Waals surface area (Å²) in [4.78, 5) is 1.63. The zero-order valence-electron chi connectivity index (χ0n) is 9.31. The molecule has 1 aromatic heterocycles. The molecule has 0 amide bonds. The minimum Gasteiger partial charge on any atom is -0.311 e. The van der Waals surface area contributed by atoms with Crippen molar-refractivity contribution in [3.05, 3.63) is 21.4 Å². The molecule has 0 unspecified atom stereocenters. The van der Waals surface area contributed by atoms with Crippen LogP contribution in [0.4, 0.5) is 0 Å². The van der Waals surface area contributed by atoms with Gasteiger partial charge in [0, 0.05) is 10.4 Å². The van der Waals surface area contributed by atoms with Crippen LogP contribution in [0.5, 0.6) is 0 Å². The van der Waals surface area contributed by atoms with Crippen molar-refractivity contribution in [3.63, 3.8) is 0 Å². The van der Waals surface area contributed by atoms with E-state index in [2.05, 4.69) is 24.5 Å². The molecule has 2 heteroatoms. The van der Waals surface area contributed by atoms with Crippen molar-refractivity contribution in [1.29, 1.82) is 0 Å². The highest BCUT2D eigenvalue weighted by molar-refractivity contribution is 7.10. The van der Waals surface area contributed by atoms with Crippen LogP contribution >= 0.6 is 11.3 Å². The van der Waals surface area contributed by atoms with Crippen LogP contribution in [0.2, 0.25) is 0 Å². The third-order valence-electron chi connectivity index (χ3n) is 3.36. The van der Waals surface area contributed by atoms with E-state index < -0.39 is 0 Å². The van der Waals surface area contributed by atoms with Crippen molar-refractivity contribution in [2.45, 2.75) is 45.1 Å². The second-order valence-electron chi connectivity index (χ2n) is 4.63. The first-order valence-electron chi connectivity index (χ1n) is 5.44. The van der Waals surface area contributed by atoms with Gasteiger partial charge in [-0.05, 0) is 63.1 Å². The molecule has 0 saturated carbocycles. The van der Waals surface area contributed by atoms with E-state index in [1.54, 1.807) is 10.4 Å². The van der Waals surface area contributed by atoms with Gasteiger partial charge in [0.15, 0.2) is 0 Å². The van der Waals surface area contributed by atoms with Gasteiger partial charge >= 0.3 is 0 Å². The van der Waals surface area contributed by atoms with E-state index in [1.165, 1.54) is 31.2 Å². The van der Waals surface area contributed by atoms with Gasteiger partial charge in [-0.25, -0.2) is 0 Å². The summed E-state index contributed by atoms with van der Waals surface area (Å²) in [6.45, 7) is 4.54. The lowest BCUT2D eigenvalue weighted by molar-refractivity contribution is 0.440. The van der Waals surface area contributed by atoms with Gasteiger partial charge in [0.1, 0.15) is 0 Å². The maximum Gasteiger partial charge on any atom is 0.0386 e. The minimum atomic E-state index is 0.140. The van der Waals surface area contributed by atoms with Gasteiger partial charge in [-0.1, -0.05) is 0 Å². The zero-order valence-corrected chi connectivity index (χ0v) is 10.1. The first-order valence-corrected chi connectivity index (χ1v) is 6.32. The summed E-state index contributed by atoms with van der Waals surface area (Å²) < 4.78 is 0. The average Bonchev–Trinajstić information content (AvgIpc) is 2.61. The number of thiophene rings is 1. The predicted octanol–water partition coefficient (Wildman–Crippen LogP) is 3.08. The van der Waals surface area contributed by atoms with Gasteiger partial charge in [-0.3, -0.25) is 0 Å². The molecule has 0 aliphatic heterocycles. The number of aryl methyl sites for hydroxylation is 1. The number of fused-ring (bicyclic) bond motifs is 1. The summed E-state index contributed by atoms with van der Waals surface area (Å²) in [7, 11) is 2.05. The molecule has 1 heterocycles. The molecule has 0 saturated heterocycles. The number of hydrogen-bond acceptors (Lipinski definition) is 2.